The highest BCUT2D eigenvalue weighted by Gasteiger charge is 2.18. The number of rotatable bonds is 2. The normalized spacial score (nSPS) is 17.8. The smallest absolute Gasteiger partial charge is 0.234 e. The van der Waals surface area contributed by atoms with Gasteiger partial charge in [0.2, 0.25) is 5.88 Å². The predicted molar refractivity (Wildman–Crippen MR) is 130 cm³/mol. The largest absolute Gasteiger partial charge is 0.473 e. The Bertz CT molecular complexity index is 745. The van der Waals surface area contributed by atoms with Gasteiger partial charge in [0.25, 0.3) is 0 Å². The maximum Gasteiger partial charge on any atom is 0.234 e. The first-order valence-electron chi connectivity index (χ1n) is 10.1. The van der Waals surface area contributed by atoms with Gasteiger partial charge in [-0.25, -0.2) is 4.98 Å². The molecule has 0 spiro atoms. The highest BCUT2D eigenvalue weighted by molar-refractivity contribution is 6.32. The van der Waals surface area contributed by atoms with Crippen LogP contribution in [0.5, 0.6) is 5.88 Å². The average Bonchev–Trinajstić information content (AvgIpc) is 2.73. The fraction of sp³-hybridized carbons (Fsp3) is 0.619. The van der Waals surface area contributed by atoms with Crippen LogP contribution in [0.4, 0.5) is 0 Å². The van der Waals surface area contributed by atoms with E-state index in [1.54, 1.807) is 6.20 Å². The molecule has 2 aliphatic heterocycles. The molecule has 0 bridgehead atoms. The van der Waals surface area contributed by atoms with Crippen LogP contribution in [0, 0.1) is 0 Å². The number of piperidine rings is 2. The van der Waals surface area contributed by atoms with Crippen LogP contribution in [0.25, 0.3) is 0 Å². The van der Waals surface area contributed by atoms with E-state index in [-0.39, 0.29) is 19.6 Å². The molecule has 2 aromatic heterocycles. The van der Waals surface area contributed by atoms with Crippen molar-refractivity contribution in [2.24, 2.45) is 0 Å². The lowest BCUT2D eigenvalue weighted by Crippen LogP contribution is -2.35. The lowest BCUT2D eigenvalue weighted by Gasteiger charge is -2.28. The van der Waals surface area contributed by atoms with Gasteiger partial charge in [-0.15, -0.1) is 0 Å². The second-order valence-electron chi connectivity index (χ2n) is 7.50. The summed E-state index contributed by atoms with van der Waals surface area (Å²) in [5.41, 5.74) is 0. The molecule has 0 unspecified atom stereocenters. The maximum atomic E-state index is 9.00. The van der Waals surface area contributed by atoms with Gasteiger partial charge in [-0.3, -0.25) is 9.97 Å². The number of aliphatic hydroxyl groups is 1. The Hall–Kier alpha value is -1.29. The van der Waals surface area contributed by atoms with E-state index in [0.717, 1.165) is 51.9 Å². The van der Waals surface area contributed by atoms with Crippen LogP contribution >= 0.6 is 34.8 Å². The van der Waals surface area contributed by atoms with Crippen molar-refractivity contribution in [1.29, 1.82) is 0 Å². The number of hydrogen-bond donors (Lipinski definition) is 1. The van der Waals surface area contributed by atoms with E-state index in [1.807, 2.05) is 0 Å². The van der Waals surface area contributed by atoms with E-state index < -0.39 is 0 Å². The number of nitrogens with zero attached hydrogens (tertiary/aromatic N) is 6. The fourth-order valence-electron chi connectivity index (χ4n) is 2.97. The number of likely N-dealkylation sites (tertiary alicyclic amines) is 2. The summed E-state index contributed by atoms with van der Waals surface area (Å²) in [5, 5.41) is 10.0. The molecule has 32 heavy (non-hydrogen) atoms. The summed E-state index contributed by atoms with van der Waals surface area (Å²) in [7, 11) is 4.21. The lowest BCUT2D eigenvalue weighted by atomic mass is 10.1. The van der Waals surface area contributed by atoms with Crippen molar-refractivity contribution in [2.75, 3.05) is 40.3 Å². The Morgan fingerprint density at radius 3 is 1.62 bits per heavy atom. The summed E-state index contributed by atoms with van der Waals surface area (Å²) >= 11 is 16.5. The molecule has 0 saturated carbocycles. The van der Waals surface area contributed by atoms with Crippen molar-refractivity contribution in [3.63, 3.8) is 0 Å². The molecule has 11 heteroatoms. The lowest BCUT2D eigenvalue weighted by molar-refractivity contribution is 0.0942. The Morgan fingerprint density at radius 1 is 0.781 bits per heavy atom. The van der Waals surface area contributed by atoms with Gasteiger partial charge in [0, 0.05) is 26.2 Å². The van der Waals surface area contributed by atoms with Gasteiger partial charge in [-0.1, -0.05) is 42.2 Å². The van der Waals surface area contributed by atoms with E-state index in [2.05, 4.69) is 43.8 Å². The average molecular weight is 508 g/mol. The van der Waals surface area contributed by atoms with Gasteiger partial charge < -0.3 is 19.6 Å². The molecule has 0 atom stereocenters. The van der Waals surface area contributed by atoms with Gasteiger partial charge in [-0.05, 0) is 39.8 Å². The molecule has 1 N–H and O–H groups in total. The number of ether oxygens (including phenoxy) is 1. The van der Waals surface area contributed by atoms with E-state index in [0.29, 0.717) is 21.3 Å². The number of halogens is 3. The first-order valence-corrected chi connectivity index (χ1v) is 11.3. The van der Waals surface area contributed by atoms with Gasteiger partial charge in [0.15, 0.2) is 5.15 Å². The van der Waals surface area contributed by atoms with E-state index >= 15 is 0 Å². The third kappa shape index (κ3) is 12.1. The summed E-state index contributed by atoms with van der Waals surface area (Å²) in [4.78, 5) is 19.8. The number of aliphatic hydroxyl groups excluding tert-OH is 1. The first-order chi connectivity index (χ1) is 14.8. The minimum atomic E-state index is -0.0220. The second-order valence-corrected chi connectivity index (χ2v) is 8.66. The zero-order valence-corrected chi connectivity index (χ0v) is 20.1. The molecule has 180 valence electrons. The Balaban J connectivity index is 0.000000257. The first kappa shape index (κ1) is 28.7. The standard InChI is InChI=1S/C10H14ClN3O.C6H13NO.C4H2Cl2N2.CH4/c1-14-4-2-8(3-5-14)15-10-7-12-6-9(11)13-10;1-7-4-2-6(8)3-5-7;5-3-1-7-2-4(6)8-3;/h6-8H,2-5H2,1H3;6,8H,2-5H2,1H3;1-2H;1H4. The molecule has 4 heterocycles. The fourth-order valence-corrected chi connectivity index (χ4v) is 3.45. The molecular weight excluding hydrogens is 475 g/mol. The topological polar surface area (TPSA) is 87.5 Å². The molecule has 2 fully saturated rings. The Morgan fingerprint density at radius 2 is 1.22 bits per heavy atom. The van der Waals surface area contributed by atoms with Crippen LogP contribution in [0.3, 0.4) is 0 Å². The molecule has 2 aliphatic rings. The highest BCUT2D eigenvalue weighted by atomic mass is 35.5. The summed E-state index contributed by atoms with van der Waals surface area (Å²) < 4.78 is 5.70. The van der Waals surface area contributed by atoms with Crippen LogP contribution in [0.15, 0.2) is 24.8 Å². The van der Waals surface area contributed by atoms with Crippen LogP contribution < -0.4 is 4.74 Å². The third-order valence-corrected chi connectivity index (χ3v) is 5.35. The summed E-state index contributed by atoms with van der Waals surface area (Å²) in [6.45, 7) is 4.25. The quantitative estimate of drug-likeness (QED) is 0.650. The molecule has 2 aromatic rings. The van der Waals surface area contributed by atoms with Crippen molar-refractivity contribution < 1.29 is 9.84 Å². The van der Waals surface area contributed by atoms with Gasteiger partial charge in [0.1, 0.15) is 16.4 Å². The van der Waals surface area contributed by atoms with E-state index in [4.69, 9.17) is 44.6 Å². The monoisotopic (exact) mass is 506 g/mol. The van der Waals surface area contributed by atoms with Gasteiger partial charge in [0.05, 0.1) is 30.9 Å². The number of aromatic nitrogens is 4. The molecule has 4 rings (SSSR count). The summed E-state index contributed by atoms with van der Waals surface area (Å²) in [6, 6.07) is 0. The molecule has 2 saturated heterocycles. The summed E-state index contributed by atoms with van der Waals surface area (Å²) in [5.74, 6) is 0.525. The van der Waals surface area contributed by atoms with Crippen molar-refractivity contribution >= 4 is 34.8 Å². The van der Waals surface area contributed by atoms with E-state index in [9.17, 15) is 0 Å². The zero-order chi connectivity index (χ0) is 22.6. The van der Waals surface area contributed by atoms with Crippen molar-refractivity contribution in [1.82, 2.24) is 29.7 Å². The number of hydrogen-bond acceptors (Lipinski definition) is 8. The van der Waals surface area contributed by atoms with Crippen LogP contribution in [-0.2, 0) is 0 Å². The predicted octanol–water partition coefficient (Wildman–Crippen LogP) is 4.10. The molecule has 0 amide bonds. The minimum Gasteiger partial charge on any atom is -0.473 e. The van der Waals surface area contributed by atoms with Gasteiger partial charge >= 0.3 is 0 Å². The van der Waals surface area contributed by atoms with Crippen LogP contribution in [-0.4, -0.2) is 87.3 Å². The minimum absolute atomic E-state index is 0. The Labute approximate surface area is 205 Å². The van der Waals surface area contributed by atoms with Crippen molar-refractivity contribution in [3.05, 3.63) is 40.2 Å². The summed E-state index contributed by atoms with van der Waals surface area (Å²) in [6.07, 6.45) is 10.1. The Kier molecular flexibility index (Phi) is 13.9. The van der Waals surface area contributed by atoms with Crippen LogP contribution in [0.1, 0.15) is 33.1 Å². The van der Waals surface area contributed by atoms with Crippen molar-refractivity contribution in [3.8, 4) is 5.88 Å². The molecular formula is C21H33Cl3N6O2. The molecule has 0 radical (unpaired) electrons. The molecule has 0 aliphatic carbocycles. The SMILES string of the molecule is C.CN1CCC(O)CC1.CN1CCC(Oc2cncc(Cl)n2)CC1.Clc1cncc(Cl)n1. The second kappa shape index (κ2) is 15.5. The maximum absolute atomic E-state index is 9.00. The van der Waals surface area contributed by atoms with Crippen molar-refractivity contribution in [2.45, 2.75) is 45.3 Å². The highest BCUT2D eigenvalue weighted by Crippen LogP contribution is 2.17. The third-order valence-electron chi connectivity index (χ3n) is 4.80. The van der Waals surface area contributed by atoms with Gasteiger partial charge in [-0.2, -0.15) is 4.98 Å². The molecule has 8 nitrogen and oxygen atoms in total. The molecule has 0 aromatic carbocycles. The zero-order valence-electron chi connectivity index (χ0n) is 17.8. The van der Waals surface area contributed by atoms with Crippen LogP contribution in [0.2, 0.25) is 15.5 Å². The van der Waals surface area contributed by atoms with E-state index in [1.165, 1.54) is 18.6 Å².